The molecule has 0 aliphatic heterocycles. The number of hydrogen-bond donors (Lipinski definition) is 1. The van der Waals surface area contributed by atoms with Gasteiger partial charge in [-0.1, -0.05) is 19.1 Å². The van der Waals surface area contributed by atoms with Gasteiger partial charge in [0.2, 0.25) is 0 Å². The first-order valence-corrected chi connectivity index (χ1v) is 6.80. The van der Waals surface area contributed by atoms with Gasteiger partial charge < -0.3 is 10.3 Å². The minimum Gasteiger partial charge on any atom is -0.335 e. The molecule has 108 valence electrons. The molecule has 0 saturated heterocycles. The van der Waals surface area contributed by atoms with Crippen molar-refractivity contribution >= 4 is 0 Å². The van der Waals surface area contributed by atoms with Crippen molar-refractivity contribution in [3.05, 3.63) is 53.6 Å². The van der Waals surface area contributed by atoms with Gasteiger partial charge in [-0.15, -0.1) is 0 Å². The van der Waals surface area contributed by atoms with Crippen LogP contribution < -0.4 is 5.73 Å². The maximum atomic E-state index is 13.6. The molecule has 2 rings (SSSR count). The molecule has 0 amide bonds. The highest BCUT2D eigenvalue weighted by Gasteiger charge is 2.14. The number of rotatable bonds is 6. The third-order valence-electron chi connectivity index (χ3n) is 3.22. The van der Waals surface area contributed by atoms with Crippen LogP contribution in [0.5, 0.6) is 0 Å². The number of aromatic nitrogens is 2. The molecular weight excluding hydrogens is 260 g/mol. The van der Waals surface area contributed by atoms with Crippen molar-refractivity contribution in [3.8, 4) is 0 Å². The largest absolute Gasteiger partial charge is 0.335 e. The summed E-state index contributed by atoms with van der Waals surface area (Å²) in [4.78, 5) is 4.27. The summed E-state index contributed by atoms with van der Waals surface area (Å²) in [6.45, 7) is 2.97. The molecule has 1 atom stereocenters. The Morgan fingerprint density at radius 3 is 2.85 bits per heavy atom. The Hall–Kier alpha value is -1.75. The summed E-state index contributed by atoms with van der Waals surface area (Å²) in [5.41, 5.74) is 6.35. The van der Waals surface area contributed by atoms with Crippen molar-refractivity contribution in [1.29, 1.82) is 0 Å². The highest BCUT2D eigenvalue weighted by molar-refractivity contribution is 5.20. The number of benzene rings is 1. The molecule has 1 aromatic heterocycles. The lowest BCUT2D eigenvalue weighted by atomic mass is 10.0. The zero-order valence-electron chi connectivity index (χ0n) is 11.5. The number of halogens is 2. The van der Waals surface area contributed by atoms with Crippen LogP contribution in [0.1, 0.15) is 24.7 Å². The van der Waals surface area contributed by atoms with E-state index in [4.69, 9.17) is 5.73 Å². The van der Waals surface area contributed by atoms with Crippen LogP contribution >= 0.6 is 0 Å². The van der Waals surface area contributed by atoms with Gasteiger partial charge in [0.25, 0.3) is 0 Å². The number of nitrogens with zero attached hydrogens (tertiary/aromatic N) is 2. The van der Waals surface area contributed by atoms with Crippen LogP contribution in [0.4, 0.5) is 8.78 Å². The Balaban J connectivity index is 2.03. The fraction of sp³-hybridized carbons (Fsp3) is 0.400. The van der Waals surface area contributed by atoms with Gasteiger partial charge in [0.05, 0.1) is 0 Å². The van der Waals surface area contributed by atoms with Gasteiger partial charge in [0, 0.05) is 31.4 Å². The molecule has 0 saturated carbocycles. The van der Waals surface area contributed by atoms with Crippen LogP contribution in [0.25, 0.3) is 0 Å². The van der Waals surface area contributed by atoms with Crippen LogP contribution in [0.15, 0.2) is 30.6 Å². The molecule has 5 heteroatoms. The van der Waals surface area contributed by atoms with Crippen LogP contribution in [0.2, 0.25) is 0 Å². The minimum absolute atomic E-state index is 0.288. The Bertz CT molecular complexity index is 566. The van der Waals surface area contributed by atoms with Gasteiger partial charge in [-0.3, -0.25) is 0 Å². The van der Waals surface area contributed by atoms with Crippen molar-refractivity contribution in [2.45, 2.75) is 38.8 Å². The summed E-state index contributed by atoms with van der Waals surface area (Å²) < 4.78 is 28.8. The quantitative estimate of drug-likeness (QED) is 0.883. The van der Waals surface area contributed by atoms with E-state index in [-0.39, 0.29) is 6.04 Å². The summed E-state index contributed by atoms with van der Waals surface area (Å²) in [5.74, 6) is -0.752. The van der Waals surface area contributed by atoms with E-state index >= 15 is 0 Å². The number of nitrogens with two attached hydrogens (primary N) is 1. The van der Waals surface area contributed by atoms with Crippen molar-refractivity contribution in [3.63, 3.8) is 0 Å². The Morgan fingerprint density at radius 1 is 1.30 bits per heavy atom. The topological polar surface area (TPSA) is 43.8 Å². The lowest BCUT2D eigenvalue weighted by Crippen LogP contribution is -2.27. The Kier molecular flexibility index (Phi) is 4.84. The number of hydrogen-bond acceptors (Lipinski definition) is 2. The lowest BCUT2D eigenvalue weighted by molar-refractivity contribution is 0.490. The van der Waals surface area contributed by atoms with Gasteiger partial charge in [0.1, 0.15) is 5.82 Å². The molecule has 2 N–H and O–H groups in total. The molecule has 1 unspecified atom stereocenters. The molecule has 0 spiro atoms. The maximum Gasteiger partial charge on any atom is 0.162 e. The highest BCUT2D eigenvalue weighted by atomic mass is 19.2. The Labute approximate surface area is 117 Å². The number of aryl methyl sites for hydroxylation is 1. The fourth-order valence-corrected chi connectivity index (χ4v) is 2.27. The third-order valence-corrected chi connectivity index (χ3v) is 3.22. The molecule has 0 bridgehead atoms. The molecule has 2 aromatic rings. The zero-order valence-corrected chi connectivity index (χ0v) is 11.5. The molecule has 0 aliphatic rings. The molecule has 0 fully saturated rings. The predicted octanol–water partition coefficient (Wildman–Crippen LogP) is 2.68. The van der Waals surface area contributed by atoms with Crippen LogP contribution in [0, 0.1) is 11.6 Å². The standard InChI is InChI=1S/C15H19F2N3/c1-2-7-20-8-6-19-14(20)10-12(18)9-11-4-3-5-13(16)15(11)17/h3-6,8,12H,2,7,9-10,18H2,1H3. The van der Waals surface area contributed by atoms with Gasteiger partial charge in [-0.25, -0.2) is 13.8 Å². The normalized spacial score (nSPS) is 12.6. The van der Waals surface area contributed by atoms with Gasteiger partial charge in [-0.2, -0.15) is 0 Å². The first kappa shape index (κ1) is 14.7. The van der Waals surface area contributed by atoms with Crippen molar-refractivity contribution in [1.82, 2.24) is 9.55 Å². The molecule has 20 heavy (non-hydrogen) atoms. The van der Waals surface area contributed by atoms with E-state index in [9.17, 15) is 8.78 Å². The zero-order chi connectivity index (χ0) is 14.5. The summed E-state index contributed by atoms with van der Waals surface area (Å²) >= 11 is 0. The molecule has 1 aromatic carbocycles. The fourth-order valence-electron chi connectivity index (χ4n) is 2.27. The summed E-state index contributed by atoms with van der Waals surface area (Å²) in [6.07, 6.45) is 5.50. The SMILES string of the molecule is CCCn1ccnc1CC(N)Cc1cccc(F)c1F. The average Bonchev–Trinajstić information content (AvgIpc) is 2.83. The second kappa shape index (κ2) is 6.61. The average molecular weight is 279 g/mol. The number of imidazole rings is 1. The minimum atomic E-state index is -0.831. The highest BCUT2D eigenvalue weighted by Crippen LogP contribution is 2.14. The molecular formula is C15H19F2N3. The lowest BCUT2D eigenvalue weighted by Gasteiger charge is -2.13. The maximum absolute atomic E-state index is 13.6. The smallest absolute Gasteiger partial charge is 0.162 e. The van der Waals surface area contributed by atoms with Crippen LogP contribution in [-0.4, -0.2) is 15.6 Å². The van der Waals surface area contributed by atoms with Crippen molar-refractivity contribution < 1.29 is 8.78 Å². The van der Waals surface area contributed by atoms with E-state index in [1.807, 2.05) is 10.8 Å². The first-order valence-electron chi connectivity index (χ1n) is 6.80. The van der Waals surface area contributed by atoms with Crippen LogP contribution in [-0.2, 0) is 19.4 Å². The van der Waals surface area contributed by atoms with Crippen molar-refractivity contribution in [2.24, 2.45) is 5.73 Å². The monoisotopic (exact) mass is 279 g/mol. The van der Waals surface area contributed by atoms with E-state index in [1.165, 1.54) is 6.07 Å². The Morgan fingerprint density at radius 2 is 2.10 bits per heavy atom. The second-order valence-electron chi connectivity index (χ2n) is 4.92. The van der Waals surface area contributed by atoms with Crippen LogP contribution in [0.3, 0.4) is 0 Å². The molecule has 1 heterocycles. The second-order valence-corrected chi connectivity index (χ2v) is 4.92. The van der Waals surface area contributed by atoms with Gasteiger partial charge >= 0.3 is 0 Å². The molecule has 0 radical (unpaired) electrons. The summed E-state index contributed by atoms with van der Waals surface area (Å²) in [5, 5.41) is 0. The van der Waals surface area contributed by atoms with E-state index in [2.05, 4.69) is 11.9 Å². The van der Waals surface area contributed by atoms with Gasteiger partial charge in [0.15, 0.2) is 11.6 Å². The third kappa shape index (κ3) is 3.42. The van der Waals surface area contributed by atoms with E-state index in [0.29, 0.717) is 18.4 Å². The van der Waals surface area contributed by atoms with E-state index in [0.717, 1.165) is 24.9 Å². The van der Waals surface area contributed by atoms with Gasteiger partial charge in [-0.05, 0) is 24.5 Å². The van der Waals surface area contributed by atoms with E-state index < -0.39 is 11.6 Å². The van der Waals surface area contributed by atoms with Crippen molar-refractivity contribution in [2.75, 3.05) is 0 Å². The first-order chi connectivity index (χ1) is 9.61. The molecule has 0 aliphatic carbocycles. The predicted molar refractivity (Wildman–Crippen MR) is 74.3 cm³/mol. The van der Waals surface area contributed by atoms with E-state index in [1.54, 1.807) is 12.3 Å². The summed E-state index contributed by atoms with van der Waals surface area (Å²) in [6, 6.07) is 3.89. The molecule has 3 nitrogen and oxygen atoms in total. The summed E-state index contributed by atoms with van der Waals surface area (Å²) in [7, 11) is 0.